The number of hydrogen-bond acceptors (Lipinski definition) is 3. The van der Waals surface area contributed by atoms with E-state index in [1.54, 1.807) is 29.2 Å². The van der Waals surface area contributed by atoms with Crippen molar-refractivity contribution < 1.29 is 14.0 Å². The third-order valence-electron chi connectivity index (χ3n) is 5.29. The molecule has 4 rings (SSSR count). The zero-order valence-electron chi connectivity index (χ0n) is 17.0. The number of piperazine rings is 1. The summed E-state index contributed by atoms with van der Waals surface area (Å²) in [7, 11) is 0. The first-order valence-electron chi connectivity index (χ1n) is 10.1. The van der Waals surface area contributed by atoms with Gasteiger partial charge in [-0.1, -0.05) is 44.0 Å². The van der Waals surface area contributed by atoms with Crippen LogP contribution in [0, 0.1) is 5.82 Å². The highest BCUT2D eigenvalue weighted by molar-refractivity contribution is 9.11. The molecule has 0 saturated carbocycles. The Morgan fingerprint density at radius 2 is 1.47 bits per heavy atom. The lowest BCUT2D eigenvalue weighted by molar-refractivity contribution is 0.0742. The van der Waals surface area contributed by atoms with Crippen LogP contribution in [0.5, 0.6) is 0 Å². The number of hydrogen-bond donors (Lipinski definition) is 1. The zero-order chi connectivity index (χ0) is 22.7. The first-order chi connectivity index (χ1) is 15.4. The maximum Gasteiger partial charge on any atom is 0.256 e. The number of carbonyl (C=O) groups excluding carboxylic acids is 2. The Hall–Kier alpha value is -2.71. The van der Waals surface area contributed by atoms with Gasteiger partial charge in [0.15, 0.2) is 0 Å². The van der Waals surface area contributed by atoms with Gasteiger partial charge in [-0.25, -0.2) is 4.39 Å². The van der Waals surface area contributed by atoms with Gasteiger partial charge in [-0.2, -0.15) is 0 Å². The highest BCUT2D eigenvalue weighted by Gasteiger charge is 2.24. The Bertz CT molecular complexity index is 1130. The summed E-state index contributed by atoms with van der Waals surface area (Å²) < 4.78 is 15.6. The van der Waals surface area contributed by atoms with Crippen molar-refractivity contribution >= 4 is 55.0 Å². The Kier molecular flexibility index (Phi) is 6.91. The molecule has 0 atom stereocenters. The second-order valence-electron chi connectivity index (χ2n) is 7.42. The molecule has 0 bridgehead atoms. The molecule has 0 aromatic heterocycles. The van der Waals surface area contributed by atoms with Crippen LogP contribution in [0.4, 0.5) is 15.8 Å². The van der Waals surface area contributed by atoms with E-state index >= 15 is 0 Å². The van der Waals surface area contributed by atoms with Crippen molar-refractivity contribution in [2.24, 2.45) is 0 Å². The van der Waals surface area contributed by atoms with Gasteiger partial charge in [0, 0.05) is 52.1 Å². The standard InChI is InChI=1S/C24H20Br2FN3O2/c25-17-13-16(14-18(26)15-17)23(31)28-19-5-7-20(8-6-19)29-9-11-30(12-10-29)24(32)21-3-1-2-4-22(21)27/h1-8,13-15H,9-12H2,(H,28,31). The highest BCUT2D eigenvalue weighted by atomic mass is 79.9. The normalized spacial score (nSPS) is 13.7. The van der Waals surface area contributed by atoms with Crippen LogP contribution in [-0.4, -0.2) is 42.9 Å². The second kappa shape index (κ2) is 9.83. The predicted molar refractivity (Wildman–Crippen MR) is 131 cm³/mol. The van der Waals surface area contributed by atoms with Gasteiger partial charge in [-0.3, -0.25) is 9.59 Å². The second-order valence-corrected chi connectivity index (χ2v) is 9.25. The molecule has 1 heterocycles. The minimum Gasteiger partial charge on any atom is -0.368 e. The number of halogens is 3. The van der Waals surface area contributed by atoms with Crippen LogP contribution in [0.2, 0.25) is 0 Å². The van der Waals surface area contributed by atoms with E-state index in [9.17, 15) is 14.0 Å². The van der Waals surface area contributed by atoms with Crippen LogP contribution >= 0.6 is 31.9 Å². The minimum absolute atomic E-state index is 0.110. The number of nitrogens with one attached hydrogen (secondary N) is 1. The Labute approximate surface area is 202 Å². The van der Waals surface area contributed by atoms with Gasteiger partial charge in [0.05, 0.1) is 5.56 Å². The fraction of sp³-hybridized carbons (Fsp3) is 0.167. The first kappa shape index (κ1) is 22.5. The number of rotatable bonds is 4. The van der Waals surface area contributed by atoms with Crippen molar-refractivity contribution in [2.75, 3.05) is 36.4 Å². The topological polar surface area (TPSA) is 52.7 Å². The minimum atomic E-state index is -0.493. The number of carbonyl (C=O) groups is 2. The van der Waals surface area contributed by atoms with Crippen molar-refractivity contribution in [1.29, 1.82) is 0 Å². The van der Waals surface area contributed by atoms with Gasteiger partial charge in [0.1, 0.15) is 5.82 Å². The van der Waals surface area contributed by atoms with Crippen molar-refractivity contribution in [3.05, 3.63) is 92.6 Å². The molecular weight excluding hydrogens is 541 g/mol. The third kappa shape index (κ3) is 5.19. The monoisotopic (exact) mass is 559 g/mol. The van der Waals surface area contributed by atoms with Gasteiger partial charge in [-0.15, -0.1) is 0 Å². The Balaban J connectivity index is 1.35. The maximum absolute atomic E-state index is 13.9. The summed E-state index contributed by atoms with van der Waals surface area (Å²) in [6, 6.07) is 19.1. The molecule has 0 unspecified atom stereocenters. The van der Waals surface area contributed by atoms with E-state index in [4.69, 9.17) is 0 Å². The third-order valence-corrected chi connectivity index (χ3v) is 6.20. The summed E-state index contributed by atoms with van der Waals surface area (Å²) in [5.74, 6) is -0.965. The van der Waals surface area contributed by atoms with Crippen LogP contribution in [0.1, 0.15) is 20.7 Å². The number of anilines is 2. The quantitative estimate of drug-likeness (QED) is 0.454. The molecule has 32 heavy (non-hydrogen) atoms. The lowest BCUT2D eigenvalue weighted by atomic mass is 10.1. The van der Waals surface area contributed by atoms with Crippen LogP contribution in [0.15, 0.2) is 75.7 Å². The molecule has 3 aromatic carbocycles. The Morgan fingerprint density at radius 1 is 0.844 bits per heavy atom. The van der Waals surface area contributed by atoms with Crippen molar-refractivity contribution in [2.45, 2.75) is 0 Å². The zero-order valence-corrected chi connectivity index (χ0v) is 20.2. The molecular formula is C24H20Br2FN3O2. The van der Waals surface area contributed by atoms with E-state index in [1.165, 1.54) is 12.1 Å². The van der Waals surface area contributed by atoms with E-state index in [1.807, 2.05) is 30.3 Å². The van der Waals surface area contributed by atoms with Gasteiger partial charge in [-0.05, 0) is 54.6 Å². The van der Waals surface area contributed by atoms with Gasteiger partial charge < -0.3 is 15.1 Å². The smallest absolute Gasteiger partial charge is 0.256 e. The molecule has 8 heteroatoms. The van der Waals surface area contributed by atoms with E-state index in [2.05, 4.69) is 42.1 Å². The molecule has 1 aliphatic rings. The Morgan fingerprint density at radius 3 is 2.09 bits per heavy atom. The van der Waals surface area contributed by atoms with E-state index in [0.717, 1.165) is 14.6 Å². The molecule has 3 aromatic rings. The summed E-state index contributed by atoms with van der Waals surface area (Å²) in [5, 5.41) is 2.90. The maximum atomic E-state index is 13.9. The van der Waals surface area contributed by atoms with Crippen molar-refractivity contribution in [1.82, 2.24) is 4.90 Å². The lowest BCUT2D eigenvalue weighted by Crippen LogP contribution is -2.49. The number of benzene rings is 3. The average molecular weight is 561 g/mol. The van der Waals surface area contributed by atoms with Crippen LogP contribution in [0.3, 0.4) is 0 Å². The SMILES string of the molecule is O=C(Nc1ccc(N2CCN(C(=O)c3ccccc3F)CC2)cc1)c1cc(Br)cc(Br)c1. The molecule has 0 spiro atoms. The summed E-state index contributed by atoms with van der Waals surface area (Å²) in [6.45, 7) is 2.34. The average Bonchev–Trinajstić information content (AvgIpc) is 2.79. The molecule has 0 aliphatic carbocycles. The predicted octanol–water partition coefficient (Wildman–Crippen LogP) is 5.57. The highest BCUT2D eigenvalue weighted by Crippen LogP contribution is 2.23. The van der Waals surface area contributed by atoms with E-state index in [0.29, 0.717) is 37.4 Å². The summed E-state index contributed by atoms with van der Waals surface area (Å²) in [4.78, 5) is 29.0. The van der Waals surface area contributed by atoms with Crippen LogP contribution < -0.4 is 10.2 Å². The molecule has 5 nitrogen and oxygen atoms in total. The van der Waals surface area contributed by atoms with Gasteiger partial charge in [0.2, 0.25) is 0 Å². The molecule has 1 fully saturated rings. The van der Waals surface area contributed by atoms with Crippen LogP contribution in [0.25, 0.3) is 0 Å². The lowest BCUT2D eigenvalue weighted by Gasteiger charge is -2.36. The van der Waals surface area contributed by atoms with Gasteiger partial charge in [0.25, 0.3) is 11.8 Å². The molecule has 164 valence electrons. The fourth-order valence-electron chi connectivity index (χ4n) is 3.62. The summed E-state index contributed by atoms with van der Waals surface area (Å²) >= 11 is 6.78. The number of nitrogens with zero attached hydrogens (tertiary/aromatic N) is 2. The molecule has 1 aliphatic heterocycles. The van der Waals surface area contributed by atoms with E-state index in [-0.39, 0.29) is 17.4 Å². The van der Waals surface area contributed by atoms with Crippen LogP contribution in [-0.2, 0) is 0 Å². The fourth-order valence-corrected chi connectivity index (χ4v) is 4.91. The first-order valence-corrected chi connectivity index (χ1v) is 11.7. The van der Waals surface area contributed by atoms with Gasteiger partial charge >= 0.3 is 0 Å². The molecule has 2 amide bonds. The van der Waals surface area contributed by atoms with E-state index < -0.39 is 5.82 Å². The molecule has 1 saturated heterocycles. The van der Waals surface area contributed by atoms with Crippen molar-refractivity contribution in [3.63, 3.8) is 0 Å². The molecule has 0 radical (unpaired) electrons. The largest absolute Gasteiger partial charge is 0.368 e. The molecule has 1 N–H and O–H groups in total. The summed E-state index contributed by atoms with van der Waals surface area (Å²) in [5.41, 5.74) is 2.36. The van der Waals surface area contributed by atoms with Crippen molar-refractivity contribution in [3.8, 4) is 0 Å². The number of amides is 2. The summed E-state index contributed by atoms with van der Waals surface area (Å²) in [6.07, 6.45) is 0.